The van der Waals surface area contributed by atoms with Crippen LogP contribution in [0.15, 0.2) is 91.0 Å². The number of carbonyl (C=O) groups excluding carboxylic acids is 2. The zero-order valence-corrected chi connectivity index (χ0v) is 25.5. The number of aryl methyl sites for hydroxylation is 1. The minimum atomic E-state index is -0.276. The van der Waals surface area contributed by atoms with Crippen molar-refractivity contribution in [1.82, 2.24) is 20.4 Å². The molecular weight excluding hydrogens is 532 g/mol. The maximum absolute atomic E-state index is 14.1. The van der Waals surface area contributed by atoms with Crippen LogP contribution in [0.2, 0.25) is 0 Å². The van der Waals surface area contributed by atoms with E-state index in [2.05, 4.69) is 75.9 Å². The molecule has 6 heteroatoms. The number of likely N-dealkylation sites (tertiary alicyclic amines) is 1. The topological polar surface area (TPSA) is 64.7 Å². The van der Waals surface area contributed by atoms with E-state index in [9.17, 15) is 9.59 Å². The number of piperidine rings is 1. The second-order valence-corrected chi connectivity index (χ2v) is 12.0. The Labute approximate surface area is 257 Å². The van der Waals surface area contributed by atoms with Crippen molar-refractivity contribution >= 4 is 17.9 Å². The molecule has 226 valence electrons. The van der Waals surface area contributed by atoms with Crippen LogP contribution in [-0.4, -0.2) is 73.0 Å². The number of hydrogen-bond donors (Lipinski definition) is 2. The molecule has 6 nitrogen and oxygen atoms in total. The van der Waals surface area contributed by atoms with E-state index in [1.165, 1.54) is 36.0 Å². The van der Waals surface area contributed by atoms with E-state index in [0.29, 0.717) is 19.6 Å². The quantitative estimate of drug-likeness (QED) is 0.300. The van der Waals surface area contributed by atoms with Gasteiger partial charge in [0.05, 0.1) is 6.04 Å². The van der Waals surface area contributed by atoms with Crippen LogP contribution in [0.5, 0.6) is 0 Å². The molecule has 0 bridgehead atoms. The van der Waals surface area contributed by atoms with Crippen molar-refractivity contribution in [2.45, 2.75) is 57.0 Å². The summed E-state index contributed by atoms with van der Waals surface area (Å²) in [7, 11) is 0. The third-order valence-corrected chi connectivity index (χ3v) is 8.81. The normalized spacial score (nSPS) is 20.0. The Bertz CT molecular complexity index is 1280. The molecule has 0 saturated carbocycles. The standard InChI is InChI=1S/C37H46N4O2/c1-29-15-17-30(18-16-29)19-20-36(42)38-27-33-21-26-41(37(43)35(39-33)22-25-40-23-9-4-10-24-40)28-34(31-11-5-2-6-12-31)32-13-7-3-8-14-32/h2-3,5-8,11-20,33-35,39H,4,9-10,21-28H2,1H3,(H,38,42)/b20-19+/t33-,35-/m0/s1. The van der Waals surface area contributed by atoms with E-state index in [4.69, 9.17) is 0 Å². The summed E-state index contributed by atoms with van der Waals surface area (Å²) >= 11 is 0. The molecule has 0 unspecified atom stereocenters. The van der Waals surface area contributed by atoms with Gasteiger partial charge < -0.3 is 20.4 Å². The van der Waals surface area contributed by atoms with Gasteiger partial charge in [-0.3, -0.25) is 9.59 Å². The number of rotatable bonds is 11. The van der Waals surface area contributed by atoms with Crippen LogP contribution in [0.3, 0.4) is 0 Å². The van der Waals surface area contributed by atoms with Gasteiger partial charge in [0.15, 0.2) is 0 Å². The van der Waals surface area contributed by atoms with Gasteiger partial charge in [-0.1, -0.05) is 96.9 Å². The first-order valence-corrected chi connectivity index (χ1v) is 15.9. The minimum Gasteiger partial charge on any atom is -0.351 e. The lowest BCUT2D eigenvalue weighted by atomic mass is 9.90. The molecule has 0 spiro atoms. The molecule has 5 rings (SSSR count). The number of benzene rings is 3. The molecule has 0 aliphatic carbocycles. The van der Waals surface area contributed by atoms with Gasteiger partial charge >= 0.3 is 0 Å². The summed E-state index contributed by atoms with van der Waals surface area (Å²) in [4.78, 5) is 31.4. The van der Waals surface area contributed by atoms with Crippen LogP contribution in [0.1, 0.15) is 60.3 Å². The average molecular weight is 579 g/mol. The van der Waals surface area contributed by atoms with Crippen molar-refractivity contribution in [1.29, 1.82) is 0 Å². The lowest BCUT2D eigenvalue weighted by Crippen LogP contribution is -2.50. The van der Waals surface area contributed by atoms with E-state index in [-0.39, 0.29) is 29.8 Å². The van der Waals surface area contributed by atoms with Gasteiger partial charge in [0.2, 0.25) is 11.8 Å². The fourth-order valence-electron chi connectivity index (χ4n) is 6.25. The van der Waals surface area contributed by atoms with E-state index < -0.39 is 0 Å². The van der Waals surface area contributed by atoms with Gasteiger partial charge in [-0.05, 0) is 68.5 Å². The highest BCUT2D eigenvalue weighted by molar-refractivity contribution is 5.91. The van der Waals surface area contributed by atoms with E-state index in [1.807, 2.05) is 42.5 Å². The van der Waals surface area contributed by atoms with Crippen LogP contribution >= 0.6 is 0 Å². The highest BCUT2D eigenvalue weighted by Gasteiger charge is 2.33. The third-order valence-electron chi connectivity index (χ3n) is 8.81. The molecular formula is C37H46N4O2. The first-order chi connectivity index (χ1) is 21.0. The number of hydrogen-bond acceptors (Lipinski definition) is 4. The highest BCUT2D eigenvalue weighted by atomic mass is 16.2. The Morgan fingerprint density at radius 2 is 1.56 bits per heavy atom. The summed E-state index contributed by atoms with van der Waals surface area (Å²) in [6.07, 6.45) is 8.76. The molecule has 2 aliphatic heterocycles. The summed E-state index contributed by atoms with van der Waals surface area (Å²) in [5.41, 5.74) is 4.62. The lowest BCUT2D eigenvalue weighted by molar-refractivity contribution is -0.133. The van der Waals surface area contributed by atoms with Crippen LogP contribution in [0.4, 0.5) is 0 Å². The predicted molar refractivity (Wildman–Crippen MR) is 175 cm³/mol. The molecule has 3 aromatic rings. The van der Waals surface area contributed by atoms with Gasteiger partial charge in [-0.2, -0.15) is 0 Å². The van der Waals surface area contributed by atoms with Gasteiger partial charge in [-0.25, -0.2) is 0 Å². The Hall–Kier alpha value is -3.74. The maximum atomic E-state index is 14.1. The minimum absolute atomic E-state index is 0.0175. The Kier molecular flexibility index (Phi) is 11.2. The Balaban J connectivity index is 1.28. The number of carbonyl (C=O) groups is 2. The van der Waals surface area contributed by atoms with E-state index >= 15 is 0 Å². The number of nitrogens with one attached hydrogen (secondary N) is 2. The maximum Gasteiger partial charge on any atom is 0.244 e. The molecule has 2 amide bonds. The zero-order valence-electron chi connectivity index (χ0n) is 25.5. The molecule has 2 N–H and O–H groups in total. The van der Waals surface area contributed by atoms with Crippen LogP contribution in [0.25, 0.3) is 6.08 Å². The molecule has 2 aliphatic rings. The van der Waals surface area contributed by atoms with Gasteiger partial charge in [0.25, 0.3) is 0 Å². The van der Waals surface area contributed by atoms with Crippen molar-refractivity contribution in [2.24, 2.45) is 0 Å². The molecule has 3 aromatic carbocycles. The largest absolute Gasteiger partial charge is 0.351 e. The smallest absolute Gasteiger partial charge is 0.244 e. The van der Waals surface area contributed by atoms with Crippen LogP contribution < -0.4 is 10.6 Å². The van der Waals surface area contributed by atoms with Crippen molar-refractivity contribution in [2.75, 3.05) is 39.3 Å². The first-order valence-electron chi connectivity index (χ1n) is 15.9. The van der Waals surface area contributed by atoms with Gasteiger partial charge in [-0.15, -0.1) is 0 Å². The van der Waals surface area contributed by atoms with E-state index in [1.54, 1.807) is 6.08 Å². The molecule has 2 atom stereocenters. The van der Waals surface area contributed by atoms with Crippen LogP contribution in [0, 0.1) is 6.92 Å². The van der Waals surface area contributed by atoms with Gasteiger partial charge in [0, 0.05) is 44.2 Å². The van der Waals surface area contributed by atoms with Crippen molar-refractivity contribution in [3.63, 3.8) is 0 Å². The zero-order chi connectivity index (χ0) is 29.9. The summed E-state index contributed by atoms with van der Waals surface area (Å²) in [6, 6.07) is 28.9. The molecule has 2 heterocycles. The van der Waals surface area contributed by atoms with Crippen molar-refractivity contribution in [3.05, 3.63) is 113 Å². The van der Waals surface area contributed by atoms with E-state index in [0.717, 1.165) is 38.0 Å². The average Bonchev–Trinajstić information content (AvgIpc) is 3.20. The number of amides is 2. The molecule has 0 aromatic heterocycles. The summed E-state index contributed by atoms with van der Waals surface area (Å²) in [5.74, 6) is 0.145. The Morgan fingerprint density at radius 1 is 0.907 bits per heavy atom. The SMILES string of the molecule is Cc1ccc(/C=C/C(=O)NC[C@@H]2CCN(CC(c3ccccc3)c3ccccc3)C(=O)[C@H](CCN3CCCCC3)N2)cc1. The van der Waals surface area contributed by atoms with Crippen molar-refractivity contribution in [3.8, 4) is 0 Å². The van der Waals surface area contributed by atoms with Crippen LogP contribution in [-0.2, 0) is 9.59 Å². The fourth-order valence-corrected chi connectivity index (χ4v) is 6.25. The fraction of sp³-hybridized carbons (Fsp3) is 0.405. The summed E-state index contributed by atoms with van der Waals surface area (Å²) in [5, 5.41) is 6.75. The molecule has 43 heavy (non-hydrogen) atoms. The second-order valence-electron chi connectivity index (χ2n) is 12.0. The summed E-state index contributed by atoms with van der Waals surface area (Å²) in [6.45, 7) is 6.96. The molecule has 2 fully saturated rings. The van der Waals surface area contributed by atoms with Gasteiger partial charge in [0.1, 0.15) is 0 Å². The predicted octanol–water partition coefficient (Wildman–Crippen LogP) is 5.39. The van der Waals surface area contributed by atoms with Crippen molar-refractivity contribution < 1.29 is 9.59 Å². The first kappa shape index (κ1) is 30.7. The lowest BCUT2D eigenvalue weighted by Gasteiger charge is -2.31. The Morgan fingerprint density at radius 3 is 2.21 bits per heavy atom. The monoisotopic (exact) mass is 578 g/mol. The second kappa shape index (κ2) is 15.6. The summed E-state index contributed by atoms with van der Waals surface area (Å²) < 4.78 is 0. The number of nitrogens with zero attached hydrogens (tertiary/aromatic N) is 2. The molecule has 0 radical (unpaired) electrons. The molecule has 2 saturated heterocycles. The third kappa shape index (κ3) is 9.12. The highest BCUT2D eigenvalue weighted by Crippen LogP contribution is 2.27.